The minimum atomic E-state index is -0.821. The van der Waals surface area contributed by atoms with Crippen molar-refractivity contribution in [3.8, 4) is 0 Å². The molecule has 7 nitrogen and oxygen atoms in total. The van der Waals surface area contributed by atoms with Gasteiger partial charge in [-0.15, -0.1) is 0 Å². The molecule has 0 fully saturated rings. The lowest BCUT2D eigenvalue weighted by molar-refractivity contribution is -0.143. The van der Waals surface area contributed by atoms with Gasteiger partial charge in [-0.25, -0.2) is 9.59 Å². The third kappa shape index (κ3) is 5.62. The lowest BCUT2D eigenvalue weighted by Crippen LogP contribution is -2.41. The zero-order valence-electron chi connectivity index (χ0n) is 11.9. The van der Waals surface area contributed by atoms with E-state index in [0.717, 1.165) is 0 Å². The van der Waals surface area contributed by atoms with Crippen molar-refractivity contribution >= 4 is 18.0 Å². The predicted octanol–water partition coefficient (Wildman–Crippen LogP) is 0.763. The summed E-state index contributed by atoms with van der Waals surface area (Å²) in [6.07, 6.45) is -0.821. The smallest absolute Gasteiger partial charge is 0.413 e. The third-order valence-electron chi connectivity index (χ3n) is 2.55. The fourth-order valence-corrected chi connectivity index (χ4v) is 1.62. The first-order valence-electron chi connectivity index (χ1n) is 6.41. The number of hydrogen-bond donors (Lipinski definition) is 2. The van der Waals surface area contributed by atoms with Crippen LogP contribution in [0.1, 0.15) is 18.5 Å². The Balaban J connectivity index is 2.61. The summed E-state index contributed by atoms with van der Waals surface area (Å²) in [4.78, 5) is 34.4. The van der Waals surface area contributed by atoms with Crippen molar-refractivity contribution in [1.82, 2.24) is 10.6 Å². The van der Waals surface area contributed by atoms with Gasteiger partial charge in [-0.2, -0.15) is 0 Å². The first-order chi connectivity index (χ1) is 10.1. The molecule has 7 heteroatoms. The summed E-state index contributed by atoms with van der Waals surface area (Å²) < 4.78 is 9.28. The number of carbonyl (C=O) groups excluding carboxylic acids is 3. The lowest BCUT2D eigenvalue weighted by Gasteiger charge is -2.16. The largest absolute Gasteiger partial charge is 0.468 e. The SMILES string of the molecule is CCOC(=O)NC(=O)CNC(C(=O)OC)c1ccccc1. The average molecular weight is 294 g/mol. The van der Waals surface area contributed by atoms with E-state index in [2.05, 4.69) is 10.1 Å². The van der Waals surface area contributed by atoms with Gasteiger partial charge in [-0.05, 0) is 12.5 Å². The monoisotopic (exact) mass is 294 g/mol. The minimum Gasteiger partial charge on any atom is -0.468 e. The summed E-state index contributed by atoms with van der Waals surface area (Å²) in [5.41, 5.74) is 0.660. The third-order valence-corrected chi connectivity index (χ3v) is 2.55. The van der Waals surface area contributed by atoms with Gasteiger partial charge in [0.1, 0.15) is 6.04 Å². The predicted molar refractivity (Wildman–Crippen MR) is 74.4 cm³/mol. The number of esters is 1. The van der Waals surface area contributed by atoms with Gasteiger partial charge in [0.05, 0.1) is 20.3 Å². The zero-order chi connectivity index (χ0) is 15.7. The number of carbonyl (C=O) groups is 3. The number of methoxy groups -OCH3 is 1. The number of hydrogen-bond acceptors (Lipinski definition) is 6. The molecule has 1 unspecified atom stereocenters. The fourth-order valence-electron chi connectivity index (χ4n) is 1.62. The molecular weight excluding hydrogens is 276 g/mol. The van der Waals surface area contributed by atoms with Gasteiger partial charge in [-0.3, -0.25) is 15.4 Å². The number of benzene rings is 1. The number of ether oxygens (including phenoxy) is 2. The standard InChI is InChI=1S/C14H18N2O5/c1-3-21-14(19)16-11(17)9-15-12(13(18)20-2)10-7-5-4-6-8-10/h4-8,12,15H,3,9H2,1-2H3,(H,16,17,19). The Morgan fingerprint density at radius 2 is 1.86 bits per heavy atom. The molecule has 2 N–H and O–H groups in total. The Bertz CT molecular complexity index is 489. The molecule has 0 saturated heterocycles. The normalized spacial score (nSPS) is 11.3. The highest BCUT2D eigenvalue weighted by Gasteiger charge is 2.22. The Morgan fingerprint density at radius 1 is 1.19 bits per heavy atom. The first-order valence-corrected chi connectivity index (χ1v) is 6.41. The number of imide groups is 1. The van der Waals surface area contributed by atoms with Crippen LogP contribution in [0.4, 0.5) is 4.79 Å². The van der Waals surface area contributed by atoms with Gasteiger partial charge in [0.2, 0.25) is 5.91 Å². The van der Waals surface area contributed by atoms with Gasteiger partial charge in [0, 0.05) is 0 Å². The highest BCUT2D eigenvalue weighted by molar-refractivity contribution is 5.93. The molecule has 0 heterocycles. The molecule has 0 aliphatic heterocycles. The average Bonchev–Trinajstić information content (AvgIpc) is 2.48. The van der Waals surface area contributed by atoms with E-state index in [4.69, 9.17) is 4.74 Å². The summed E-state index contributed by atoms with van der Waals surface area (Å²) in [6.45, 7) is 1.57. The molecule has 1 aromatic carbocycles. The molecule has 0 radical (unpaired) electrons. The summed E-state index contributed by atoms with van der Waals surface area (Å²) in [7, 11) is 1.26. The molecule has 114 valence electrons. The maximum atomic E-state index is 11.7. The van der Waals surface area contributed by atoms with E-state index < -0.39 is 24.0 Å². The second-order valence-corrected chi connectivity index (χ2v) is 4.02. The molecule has 2 amide bonds. The van der Waals surface area contributed by atoms with Crippen LogP contribution in [0.3, 0.4) is 0 Å². The van der Waals surface area contributed by atoms with E-state index in [-0.39, 0.29) is 13.2 Å². The molecule has 0 aromatic heterocycles. The molecule has 1 rings (SSSR count). The molecule has 1 aromatic rings. The molecule has 0 bridgehead atoms. The van der Waals surface area contributed by atoms with Crippen LogP contribution in [0.15, 0.2) is 30.3 Å². The summed E-state index contributed by atoms with van der Waals surface area (Å²) in [5, 5.41) is 4.77. The van der Waals surface area contributed by atoms with Crippen LogP contribution in [0.5, 0.6) is 0 Å². The molecule has 1 atom stereocenters. The molecule has 0 saturated carbocycles. The summed E-state index contributed by atoms with van der Waals surface area (Å²) >= 11 is 0. The van der Waals surface area contributed by atoms with Gasteiger partial charge in [0.15, 0.2) is 0 Å². The first kappa shape index (κ1) is 16.6. The summed E-state index contributed by atoms with van der Waals surface area (Å²) in [6, 6.07) is 8.03. The van der Waals surface area contributed by atoms with Crippen LogP contribution in [-0.2, 0) is 19.1 Å². The number of alkyl carbamates (subject to hydrolysis) is 1. The molecule has 21 heavy (non-hydrogen) atoms. The van der Waals surface area contributed by atoms with Crippen molar-refractivity contribution in [2.24, 2.45) is 0 Å². The Labute approximate surface area is 122 Å². The number of nitrogens with one attached hydrogen (secondary N) is 2. The van der Waals surface area contributed by atoms with E-state index in [1.165, 1.54) is 7.11 Å². The van der Waals surface area contributed by atoms with Crippen LogP contribution < -0.4 is 10.6 Å². The van der Waals surface area contributed by atoms with Gasteiger partial charge in [-0.1, -0.05) is 30.3 Å². The lowest BCUT2D eigenvalue weighted by atomic mass is 10.1. The highest BCUT2D eigenvalue weighted by Crippen LogP contribution is 2.13. The van der Waals surface area contributed by atoms with Crippen molar-refractivity contribution in [2.75, 3.05) is 20.3 Å². The van der Waals surface area contributed by atoms with Crippen molar-refractivity contribution in [2.45, 2.75) is 13.0 Å². The van der Waals surface area contributed by atoms with Gasteiger partial charge < -0.3 is 9.47 Å². The maximum absolute atomic E-state index is 11.7. The van der Waals surface area contributed by atoms with Crippen LogP contribution in [0.25, 0.3) is 0 Å². The van der Waals surface area contributed by atoms with Gasteiger partial charge >= 0.3 is 12.1 Å². The van der Waals surface area contributed by atoms with E-state index in [0.29, 0.717) is 5.56 Å². The second kappa shape index (κ2) is 8.70. The quantitative estimate of drug-likeness (QED) is 0.752. The highest BCUT2D eigenvalue weighted by atomic mass is 16.5. The molecule has 0 aliphatic carbocycles. The van der Waals surface area contributed by atoms with Crippen LogP contribution in [0.2, 0.25) is 0 Å². The Hall–Kier alpha value is -2.41. The van der Waals surface area contributed by atoms with Crippen LogP contribution in [-0.4, -0.2) is 38.2 Å². The van der Waals surface area contributed by atoms with Crippen LogP contribution in [0, 0.1) is 0 Å². The van der Waals surface area contributed by atoms with E-state index in [9.17, 15) is 14.4 Å². The fraction of sp³-hybridized carbons (Fsp3) is 0.357. The second-order valence-electron chi connectivity index (χ2n) is 4.02. The zero-order valence-corrected chi connectivity index (χ0v) is 11.9. The maximum Gasteiger partial charge on any atom is 0.413 e. The van der Waals surface area contributed by atoms with Crippen molar-refractivity contribution in [1.29, 1.82) is 0 Å². The molecule has 0 aliphatic rings. The summed E-state index contributed by atoms with van der Waals surface area (Å²) in [5.74, 6) is -1.12. The Kier molecular flexibility index (Phi) is 6.90. The number of amides is 2. The number of rotatable bonds is 6. The Morgan fingerprint density at radius 3 is 2.43 bits per heavy atom. The van der Waals surface area contributed by atoms with E-state index in [1.807, 2.05) is 11.4 Å². The minimum absolute atomic E-state index is 0.168. The van der Waals surface area contributed by atoms with Crippen molar-refractivity contribution in [3.63, 3.8) is 0 Å². The molecular formula is C14H18N2O5. The van der Waals surface area contributed by atoms with Gasteiger partial charge in [0.25, 0.3) is 0 Å². The van der Waals surface area contributed by atoms with Crippen molar-refractivity contribution in [3.05, 3.63) is 35.9 Å². The van der Waals surface area contributed by atoms with E-state index >= 15 is 0 Å². The molecule has 0 spiro atoms. The van der Waals surface area contributed by atoms with E-state index in [1.54, 1.807) is 31.2 Å². The van der Waals surface area contributed by atoms with Crippen LogP contribution >= 0.6 is 0 Å². The van der Waals surface area contributed by atoms with Crippen molar-refractivity contribution < 1.29 is 23.9 Å². The topological polar surface area (TPSA) is 93.7 Å².